The van der Waals surface area contributed by atoms with E-state index < -0.39 is 12.1 Å². The Morgan fingerprint density at radius 2 is 2.05 bits per heavy atom. The lowest BCUT2D eigenvalue weighted by Crippen LogP contribution is -2.42. The van der Waals surface area contributed by atoms with E-state index in [0.717, 1.165) is 6.42 Å². The molecule has 1 heterocycles. The average Bonchev–Trinajstić information content (AvgIpc) is 2.89. The molecule has 1 fully saturated rings. The maximum Gasteiger partial charge on any atom is 0.415 e. The zero-order valence-electron chi connectivity index (χ0n) is 10.9. The molecule has 19 heavy (non-hydrogen) atoms. The van der Waals surface area contributed by atoms with Crippen LogP contribution in [0.15, 0.2) is 30.3 Å². The molecule has 0 aliphatic carbocycles. The second-order valence-corrected chi connectivity index (χ2v) is 4.28. The number of hydrogen-bond donors (Lipinski definition) is 0. The van der Waals surface area contributed by atoms with Crippen LogP contribution in [-0.2, 0) is 9.53 Å². The van der Waals surface area contributed by atoms with Crippen LogP contribution < -0.4 is 4.74 Å². The highest BCUT2D eigenvalue weighted by atomic mass is 16.6. The van der Waals surface area contributed by atoms with Crippen molar-refractivity contribution in [3.05, 3.63) is 30.3 Å². The molecule has 1 saturated heterocycles. The third kappa shape index (κ3) is 3.24. The topological polar surface area (TPSA) is 55.8 Å². The molecular formula is C14H17NO4. The molecular weight excluding hydrogens is 246 g/mol. The molecule has 0 aromatic heterocycles. The van der Waals surface area contributed by atoms with Gasteiger partial charge in [0.1, 0.15) is 11.8 Å². The number of carbonyl (C=O) groups excluding carboxylic acids is 2. The molecule has 0 bridgehead atoms. The van der Waals surface area contributed by atoms with Crippen molar-refractivity contribution in [2.75, 3.05) is 13.2 Å². The van der Waals surface area contributed by atoms with Gasteiger partial charge in [0.15, 0.2) is 0 Å². The van der Waals surface area contributed by atoms with E-state index >= 15 is 0 Å². The fraction of sp³-hybridized carbons (Fsp3) is 0.429. The number of ether oxygens (including phenoxy) is 2. The molecule has 1 aliphatic heterocycles. The zero-order chi connectivity index (χ0) is 13.7. The van der Waals surface area contributed by atoms with Gasteiger partial charge in [-0.1, -0.05) is 18.2 Å². The van der Waals surface area contributed by atoms with Gasteiger partial charge in [-0.15, -0.1) is 0 Å². The van der Waals surface area contributed by atoms with Crippen LogP contribution in [0.5, 0.6) is 5.75 Å². The van der Waals surface area contributed by atoms with Crippen LogP contribution in [0.2, 0.25) is 0 Å². The highest BCUT2D eigenvalue weighted by molar-refractivity contribution is 5.82. The van der Waals surface area contributed by atoms with Crippen molar-refractivity contribution in [1.29, 1.82) is 0 Å². The molecule has 5 heteroatoms. The van der Waals surface area contributed by atoms with Crippen LogP contribution >= 0.6 is 0 Å². The molecule has 2 rings (SSSR count). The number of nitrogens with zero attached hydrogens (tertiary/aromatic N) is 1. The zero-order valence-corrected chi connectivity index (χ0v) is 10.9. The Hall–Kier alpha value is -2.04. The van der Waals surface area contributed by atoms with E-state index in [1.165, 1.54) is 4.90 Å². The minimum absolute atomic E-state index is 0.316. The first-order chi connectivity index (χ1) is 9.22. The van der Waals surface area contributed by atoms with Crippen molar-refractivity contribution in [3.63, 3.8) is 0 Å². The van der Waals surface area contributed by atoms with Crippen LogP contribution in [0.4, 0.5) is 4.79 Å². The summed E-state index contributed by atoms with van der Waals surface area (Å²) in [5.41, 5.74) is 0. The Morgan fingerprint density at radius 1 is 1.32 bits per heavy atom. The lowest BCUT2D eigenvalue weighted by Gasteiger charge is -2.22. The van der Waals surface area contributed by atoms with Crippen LogP contribution in [0.25, 0.3) is 0 Å². The van der Waals surface area contributed by atoms with Gasteiger partial charge in [0.25, 0.3) is 0 Å². The molecule has 1 aromatic rings. The summed E-state index contributed by atoms with van der Waals surface area (Å²) in [6.45, 7) is 2.59. The lowest BCUT2D eigenvalue weighted by molar-refractivity contribution is -0.147. The van der Waals surface area contributed by atoms with Crippen LogP contribution in [0, 0.1) is 0 Å². The number of hydrogen-bond acceptors (Lipinski definition) is 4. The van der Waals surface area contributed by atoms with E-state index in [0.29, 0.717) is 25.3 Å². The monoisotopic (exact) mass is 263 g/mol. The molecule has 5 nitrogen and oxygen atoms in total. The van der Waals surface area contributed by atoms with Gasteiger partial charge in [0.2, 0.25) is 0 Å². The van der Waals surface area contributed by atoms with Crippen LogP contribution in [-0.4, -0.2) is 36.2 Å². The van der Waals surface area contributed by atoms with E-state index in [4.69, 9.17) is 9.47 Å². The molecule has 0 spiro atoms. The van der Waals surface area contributed by atoms with E-state index in [-0.39, 0.29) is 5.97 Å². The molecule has 0 N–H and O–H groups in total. The Morgan fingerprint density at radius 3 is 2.74 bits per heavy atom. The largest absolute Gasteiger partial charge is 0.464 e. The van der Waals surface area contributed by atoms with Gasteiger partial charge < -0.3 is 9.47 Å². The summed E-state index contributed by atoms with van der Waals surface area (Å²) in [5, 5.41) is 0. The number of likely N-dealkylation sites (tertiary alicyclic amines) is 1. The van der Waals surface area contributed by atoms with Crippen molar-refractivity contribution in [2.24, 2.45) is 0 Å². The van der Waals surface area contributed by atoms with Crippen molar-refractivity contribution in [1.82, 2.24) is 4.90 Å². The third-order valence-electron chi connectivity index (χ3n) is 2.99. The molecule has 1 aliphatic rings. The molecule has 1 aromatic carbocycles. The van der Waals surface area contributed by atoms with E-state index in [2.05, 4.69) is 0 Å². The first-order valence-corrected chi connectivity index (χ1v) is 6.42. The summed E-state index contributed by atoms with van der Waals surface area (Å²) in [7, 11) is 0. The highest BCUT2D eigenvalue weighted by Crippen LogP contribution is 2.20. The molecule has 102 valence electrons. The average molecular weight is 263 g/mol. The number of carbonyl (C=O) groups is 2. The first kappa shape index (κ1) is 13.4. The predicted molar refractivity (Wildman–Crippen MR) is 68.8 cm³/mol. The smallest absolute Gasteiger partial charge is 0.415 e. The summed E-state index contributed by atoms with van der Waals surface area (Å²) < 4.78 is 10.2. The van der Waals surface area contributed by atoms with Crippen LogP contribution in [0.3, 0.4) is 0 Å². The van der Waals surface area contributed by atoms with Crippen molar-refractivity contribution in [3.8, 4) is 5.75 Å². The van der Waals surface area contributed by atoms with Crippen molar-refractivity contribution < 1.29 is 19.1 Å². The normalized spacial score (nSPS) is 18.2. The summed E-state index contributed by atoms with van der Waals surface area (Å²) in [6.07, 6.45) is 0.914. The van der Waals surface area contributed by atoms with Gasteiger partial charge in [-0.25, -0.2) is 9.59 Å². The SMILES string of the molecule is CCOC(=O)C1CCCN1C(=O)Oc1ccccc1. The Bertz CT molecular complexity index is 446. The number of amides is 1. The fourth-order valence-electron chi connectivity index (χ4n) is 2.12. The van der Waals surface area contributed by atoms with E-state index in [1.54, 1.807) is 31.2 Å². The second-order valence-electron chi connectivity index (χ2n) is 4.28. The lowest BCUT2D eigenvalue weighted by atomic mass is 10.2. The third-order valence-corrected chi connectivity index (χ3v) is 2.99. The Balaban J connectivity index is 2.00. The molecule has 1 unspecified atom stereocenters. The quantitative estimate of drug-likeness (QED) is 0.785. The molecule has 1 amide bonds. The number of benzene rings is 1. The minimum Gasteiger partial charge on any atom is -0.464 e. The summed E-state index contributed by atoms with van der Waals surface area (Å²) in [6, 6.07) is 8.30. The van der Waals surface area contributed by atoms with E-state index in [1.807, 2.05) is 6.07 Å². The van der Waals surface area contributed by atoms with Gasteiger partial charge in [-0.2, -0.15) is 0 Å². The van der Waals surface area contributed by atoms with Gasteiger partial charge in [0.05, 0.1) is 6.61 Å². The fourth-order valence-corrected chi connectivity index (χ4v) is 2.12. The number of para-hydroxylation sites is 1. The summed E-state index contributed by atoms with van der Waals surface area (Å²) >= 11 is 0. The highest BCUT2D eigenvalue weighted by Gasteiger charge is 2.36. The molecule has 1 atom stereocenters. The van der Waals surface area contributed by atoms with E-state index in [9.17, 15) is 9.59 Å². The van der Waals surface area contributed by atoms with Crippen LogP contribution in [0.1, 0.15) is 19.8 Å². The van der Waals surface area contributed by atoms with Gasteiger partial charge in [-0.05, 0) is 31.9 Å². The Kier molecular flexibility index (Phi) is 4.39. The minimum atomic E-state index is -0.517. The molecule has 0 radical (unpaired) electrons. The maximum absolute atomic E-state index is 12.0. The first-order valence-electron chi connectivity index (χ1n) is 6.42. The van der Waals surface area contributed by atoms with Crippen molar-refractivity contribution >= 4 is 12.1 Å². The molecule has 0 saturated carbocycles. The standard InChI is InChI=1S/C14H17NO4/c1-2-18-13(16)12-9-6-10-15(12)14(17)19-11-7-4-3-5-8-11/h3-5,7-8,12H,2,6,9-10H2,1H3. The van der Waals surface area contributed by atoms with Gasteiger partial charge in [0, 0.05) is 6.54 Å². The van der Waals surface area contributed by atoms with Gasteiger partial charge in [-0.3, -0.25) is 4.90 Å². The second kappa shape index (κ2) is 6.22. The maximum atomic E-state index is 12.0. The Labute approximate surface area is 112 Å². The predicted octanol–water partition coefficient (Wildman–Crippen LogP) is 2.21. The number of esters is 1. The van der Waals surface area contributed by atoms with Crippen molar-refractivity contribution in [2.45, 2.75) is 25.8 Å². The van der Waals surface area contributed by atoms with Gasteiger partial charge >= 0.3 is 12.1 Å². The number of rotatable bonds is 3. The summed E-state index contributed by atoms with van der Waals surface area (Å²) in [4.78, 5) is 25.2. The summed E-state index contributed by atoms with van der Waals surface area (Å²) in [5.74, 6) is 0.118.